The summed E-state index contributed by atoms with van der Waals surface area (Å²) in [6.07, 6.45) is 0. The molecule has 0 rings (SSSR count). The van der Waals surface area contributed by atoms with Crippen molar-refractivity contribution < 1.29 is 60.7 Å². The van der Waals surface area contributed by atoms with Crippen LogP contribution in [0.15, 0.2) is 0 Å². The minimum absolute atomic E-state index is 2.63. The van der Waals surface area contributed by atoms with E-state index in [2.05, 4.69) is 0 Å². The van der Waals surface area contributed by atoms with Gasteiger partial charge in [0.15, 0.2) is 0 Å². The van der Waals surface area contributed by atoms with Crippen molar-refractivity contribution in [2.45, 2.75) is 30.8 Å². The highest BCUT2D eigenvalue weighted by Crippen LogP contribution is 2.38. The maximum Gasteiger partial charge on any atom is 0.474 e. The highest BCUT2D eigenvalue weighted by atomic mass is 32.3. The molecule has 0 heterocycles. The smallest absolute Gasteiger partial charge is 0.204 e. The third-order valence-electron chi connectivity index (χ3n) is 1.93. The standard InChI is InChI=1S/C5H4F10N2O4S2/c6-1(7)16(2(8)9)22(18,19)5(14,15)23(20,21)17(3(10)11)4(12)13/h1-4H. The molecule has 0 spiro atoms. The van der Waals surface area contributed by atoms with Crippen molar-refractivity contribution in [2.24, 2.45) is 0 Å². The lowest BCUT2D eigenvalue weighted by Crippen LogP contribution is -2.57. The van der Waals surface area contributed by atoms with Crippen molar-refractivity contribution in [3.05, 3.63) is 0 Å². The maximum atomic E-state index is 13.3. The van der Waals surface area contributed by atoms with Crippen LogP contribution >= 0.6 is 0 Å². The predicted octanol–water partition coefficient (Wildman–Crippen LogP) is 1.69. The highest BCUT2D eigenvalue weighted by Gasteiger charge is 2.67. The fraction of sp³-hybridized carbons (Fsp3) is 1.00. The van der Waals surface area contributed by atoms with E-state index >= 15 is 0 Å². The monoisotopic (exact) mass is 410 g/mol. The lowest BCUT2D eigenvalue weighted by atomic mass is 11.1. The molecule has 0 aliphatic rings. The van der Waals surface area contributed by atoms with Crippen LogP contribution in [0.3, 0.4) is 0 Å². The van der Waals surface area contributed by atoms with Crippen molar-refractivity contribution in [1.29, 1.82) is 0 Å². The Morgan fingerprint density at radius 2 is 0.739 bits per heavy atom. The van der Waals surface area contributed by atoms with E-state index in [1.54, 1.807) is 0 Å². The summed E-state index contributed by atoms with van der Waals surface area (Å²) in [5.74, 6) is 0. The molecule has 0 atom stereocenters. The largest absolute Gasteiger partial charge is 0.474 e. The van der Waals surface area contributed by atoms with Gasteiger partial charge in [-0.15, -0.1) is 0 Å². The molecule has 6 nitrogen and oxygen atoms in total. The molecular formula is C5H4F10N2O4S2. The zero-order valence-electron chi connectivity index (χ0n) is 9.93. The maximum absolute atomic E-state index is 13.3. The SMILES string of the molecule is O=S(=O)(N(C(F)F)C(F)F)C(F)(F)S(=O)(=O)N(C(F)F)C(F)F. The molecule has 0 aromatic heterocycles. The average Bonchev–Trinajstić information content (AvgIpc) is 2.24. The Hall–Kier alpha value is -0.880. The molecule has 18 heteroatoms. The highest BCUT2D eigenvalue weighted by molar-refractivity contribution is 8.07. The topological polar surface area (TPSA) is 74.8 Å². The third-order valence-corrected chi connectivity index (χ3v) is 6.14. The zero-order chi connectivity index (χ0) is 19.0. The van der Waals surface area contributed by atoms with Crippen LogP contribution in [0.25, 0.3) is 0 Å². The van der Waals surface area contributed by atoms with Crippen LogP contribution in [0.5, 0.6) is 0 Å². The third kappa shape index (κ3) is 3.79. The van der Waals surface area contributed by atoms with Crippen LogP contribution in [0.2, 0.25) is 0 Å². The summed E-state index contributed by atoms with van der Waals surface area (Å²) in [6.45, 7) is -19.7. The van der Waals surface area contributed by atoms with Crippen molar-refractivity contribution in [3.8, 4) is 0 Å². The van der Waals surface area contributed by atoms with Crippen LogP contribution in [0.1, 0.15) is 0 Å². The molecule has 0 aliphatic carbocycles. The van der Waals surface area contributed by atoms with Crippen LogP contribution in [-0.2, 0) is 20.0 Å². The van der Waals surface area contributed by atoms with Gasteiger partial charge in [0, 0.05) is 0 Å². The van der Waals surface area contributed by atoms with E-state index < -0.39 is 59.4 Å². The second-order valence-electron chi connectivity index (χ2n) is 3.24. The van der Waals surface area contributed by atoms with Crippen molar-refractivity contribution in [1.82, 2.24) is 8.61 Å². The fourth-order valence-corrected chi connectivity index (χ4v) is 3.88. The van der Waals surface area contributed by atoms with Gasteiger partial charge in [-0.3, -0.25) is 0 Å². The second kappa shape index (κ2) is 6.93. The van der Waals surface area contributed by atoms with Crippen LogP contribution in [0, 0.1) is 0 Å². The Morgan fingerprint density at radius 3 is 0.870 bits per heavy atom. The molecule has 0 N–H and O–H groups in total. The summed E-state index contributed by atoms with van der Waals surface area (Å²) in [6, 6.07) is 0. The number of hydrogen-bond acceptors (Lipinski definition) is 4. The van der Waals surface area contributed by atoms with Crippen LogP contribution < -0.4 is 0 Å². The molecular weight excluding hydrogens is 406 g/mol. The second-order valence-corrected chi connectivity index (χ2v) is 7.27. The molecule has 0 fully saturated rings. The van der Waals surface area contributed by atoms with Crippen molar-refractivity contribution in [2.75, 3.05) is 0 Å². The van der Waals surface area contributed by atoms with Crippen molar-refractivity contribution >= 4 is 20.0 Å². The summed E-state index contributed by atoms with van der Waals surface area (Å²) in [5, 5.41) is 0. The minimum Gasteiger partial charge on any atom is -0.204 e. The first-order valence-electron chi connectivity index (χ1n) is 4.60. The molecule has 0 aromatic rings. The Labute approximate surface area is 121 Å². The summed E-state index contributed by atoms with van der Waals surface area (Å²) in [7, 11) is -15.1. The van der Waals surface area contributed by atoms with E-state index in [0.717, 1.165) is 0 Å². The normalized spacial score (nSPS) is 15.0. The quantitative estimate of drug-likeness (QED) is 0.451. The first-order chi connectivity index (χ1) is 10.0. The molecule has 140 valence electrons. The number of hydrogen-bond donors (Lipinski definition) is 0. The Bertz CT molecular complexity index is 537. The van der Waals surface area contributed by atoms with Gasteiger partial charge in [0.05, 0.1) is 0 Å². The Morgan fingerprint density at radius 1 is 0.565 bits per heavy atom. The van der Waals surface area contributed by atoms with E-state index in [4.69, 9.17) is 0 Å². The van der Waals surface area contributed by atoms with E-state index in [1.165, 1.54) is 0 Å². The summed E-state index contributed by atoms with van der Waals surface area (Å²) in [4.78, 5) is 0. The molecule has 0 aromatic carbocycles. The first kappa shape index (κ1) is 22.1. The summed E-state index contributed by atoms with van der Waals surface area (Å²) >= 11 is 0. The number of sulfonamides is 2. The van der Waals surface area contributed by atoms with Gasteiger partial charge in [-0.2, -0.15) is 43.9 Å². The van der Waals surface area contributed by atoms with Gasteiger partial charge in [-0.1, -0.05) is 8.61 Å². The number of rotatable bonds is 8. The van der Waals surface area contributed by atoms with Gasteiger partial charge in [0.25, 0.3) is 0 Å². The van der Waals surface area contributed by atoms with E-state index in [9.17, 15) is 60.7 Å². The predicted molar refractivity (Wildman–Crippen MR) is 50.5 cm³/mol. The lowest BCUT2D eigenvalue weighted by Gasteiger charge is -2.28. The Kier molecular flexibility index (Phi) is 6.67. The number of halogens is 10. The van der Waals surface area contributed by atoms with Gasteiger partial charge >= 0.3 is 50.8 Å². The van der Waals surface area contributed by atoms with Crippen LogP contribution in [0.4, 0.5) is 43.9 Å². The molecule has 0 bridgehead atoms. The van der Waals surface area contributed by atoms with E-state index in [1.807, 2.05) is 0 Å². The molecule has 0 amide bonds. The fourth-order valence-electron chi connectivity index (χ4n) is 0.968. The van der Waals surface area contributed by atoms with Gasteiger partial charge in [-0.05, 0) is 0 Å². The molecule has 0 radical (unpaired) electrons. The van der Waals surface area contributed by atoms with Crippen molar-refractivity contribution in [3.63, 3.8) is 0 Å². The van der Waals surface area contributed by atoms with E-state index in [-0.39, 0.29) is 0 Å². The zero-order valence-corrected chi connectivity index (χ0v) is 11.6. The Balaban J connectivity index is 6.34. The summed E-state index contributed by atoms with van der Waals surface area (Å²) in [5.41, 5.74) is 0. The molecule has 0 aliphatic heterocycles. The average molecular weight is 410 g/mol. The van der Waals surface area contributed by atoms with Crippen LogP contribution in [-0.4, -0.2) is 56.2 Å². The van der Waals surface area contributed by atoms with Gasteiger partial charge in [0.2, 0.25) is 0 Å². The first-order valence-corrected chi connectivity index (χ1v) is 7.48. The van der Waals surface area contributed by atoms with Gasteiger partial charge < -0.3 is 0 Å². The summed E-state index contributed by atoms with van der Waals surface area (Å²) < 4.78 is 155. The lowest BCUT2D eigenvalue weighted by molar-refractivity contribution is -0.0927. The molecule has 0 saturated carbocycles. The number of alkyl halides is 10. The number of nitrogens with zero attached hydrogens (tertiary/aromatic N) is 2. The molecule has 0 saturated heterocycles. The molecule has 0 unspecified atom stereocenters. The van der Waals surface area contributed by atoms with Gasteiger partial charge in [0.1, 0.15) is 0 Å². The van der Waals surface area contributed by atoms with Gasteiger partial charge in [-0.25, -0.2) is 16.8 Å². The molecule has 23 heavy (non-hydrogen) atoms. The minimum atomic E-state index is -7.57. The van der Waals surface area contributed by atoms with E-state index in [0.29, 0.717) is 0 Å².